The molecule has 0 bridgehead atoms. The van der Waals surface area contributed by atoms with E-state index in [0.717, 1.165) is 34.9 Å². The molecule has 0 radical (unpaired) electrons. The molecule has 0 aliphatic carbocycles. The molecule has 4 rings (SSSR count). The first-order valence-electron chi connectivity index (χ1n) is 11.7. The summed E-state index contributed by atoms with van der Waals surface area (Å²) >= 11 is 3.47. The van der Waals surface area contributed by atoms with Crippen molar-refractivity contribution in [3.63, 3.8) is 0 Å². The number of carbonyl (C=O) groups excluding carboxylic acids is 1. The summed E-state index contributed by atoms with van der Waals surface area (Å²) in [5.41, 5.74) is 2.52. The van der Waals surface area contributed by atoms with Gasteiger partial charge in [-0.1, -0.05) is 77.7 Å². The molecule has 5 heteroatoms. The molecular formula is C29H29BrO4. The SMILES string of the molecule is COc1ccccc1C(=O)c1c(-c2cccc(OCCCCCCCBr)c2)oc2ccccc12. The molecule has 1 aromatic heterocycles. The fourth-order valence-corrected chi connectivity index (χ4v) is 4.48. The van der Waals surface area contributed by atoms with Gasteiger partial charge >= 0.3 is 0 Å². The van der Waals surface area contributed by atoms with Crippen LogP contribution in [0.15, 0.2) is 77.2 Å². The van der Waals surface area contributed by atoms with Crippen LogP contribution >= 0.6 is 15.9 Å². The highest BCUT2D eigenvalue weighted by atomic mass is 79.9. The maximum absolute atomic E-state index is 13.7. The van der Waals surface area contributed by atoms with Gasteiger partial charge in [-0.05, 0) is 43.2 Å². The fourth-order valence-electron chi connectivity index (χ4n) is 4.09. The Morgan fingerprint density at radius 3 is 2.50 bits per heavy atom. The van der Waals surface area contributed by atoms with Gasteiger partial charge in [0.2, 0.25) is 5.78 Å². The molecule has 0 N–H and O–H groups in total. The summed E-state index contributed by atoms with van der Waals surface area (Å²) in [5.74, 6) is 1.72. The number of alkyl halides is 1. The van der Waals surface area contributed by atoms with Crippen molar-refractivity contribution < 1.29 is 18.7 Å². The van der Waals surface area contributed by atoms with Gasteiger partial charge in [0, 0.05) is 16.3 Å². The molecule has 0 atom stereocenters. The van der Waals surface area contributed by atoms with E-state index >= 15 is 0 Å². The largest absolute Gasteiger partial charge is 0.496 e. The van der Waals surface area contributed by atoms with Crippen molar-refractivity contribution in [3.8, 4) is 22.8 Å². The van der Waals surface area contributed by atoms with Crippen molar-refractivity contribution in [2.75, 3.05) is 19.0 Å². The normalized spacial score (nSPS) is 11.0. The van der Waals surface area contributed by atoms with Crippen LogP contribution in [0.2, 0.25) is 0 Å². The van der Waals surface area contributed by atoms with Crippen LogP contribution in [0, 0.1) is 0 Å². The van der Waals surface area contributed by atoms with Crippen molar-refractivity contribution >= 4 is 32.7 Å². The van der Waals surface area contributed by atoms with E-state index in [9.17, 15) is 4.79 Å². The standard InChI is InChI=1S/C29H29BrO4/c1-32-25-16-7-6-15-24(25)28(31)27-23-14-5-8-17-26(23)34-29(27)21-12-11-13-22(20-21)33-19-10-4-2-3-9-18-30/h5-8,11-17,20H,2-4,9-10,18-19H2,1H3. The molecule has 0 spiro atoms. The third-order valence-corrected chi connectivity index (χ3v) is 6.38. The van der Waals surface area contributed by atoms with Crippen molar-refractivity contribution in [3.05, 3.63) is 83.9 Å². The highest BCUT2D eigenvalue weighted by Crippen LogP contribution is 2.37. The maximum Gasteiger partial charge on any atom is 0.201 e. The van der Waals surface area contributed by atoms with Gasteiger partial charge in [0.1, 0.15) is 22.8 Å². The second kappa shape index (κ2) is 11.9. The van der Waals surface area contributed by atoms with E-state index in [1.807, 2.05) is 60.7 Å². The Labute approximate surface area is 209 Å². The van der Waals surface area contributed by atoms with Crippen molar-refractivity contribution in [1.82, 2.24) is 0 Å². The number of benzene rings is 3. The number of para-hydroxylation sites is 2. The molecular weight excluding hydrogens is 492 g/mol. The number of ether oxygens (including phenoxy) is 2. The Kier molecular flexibility index (Phi) is 8.42. The van der Waals surface area contributed by atoms with Crippen LogP contribution in [0.5, 0.6) is 11.5 Å². The Balaban J connectivity index is 1.61. The molecule has 0 unspecified atom stereocenters. The number of furan rings is 1. The predicted octanol–water partition coefficient (Wildman–Crippen LogP) is 8.06. The van der Waals surface area contributed by atoms with Gasteiger partial charge in [-0.15, -0.1) is 0 Å². The minimum atomic E-state index is -0.132. The zero-order valence-corrected chi connectivity index (χ0v) is 21.0. The zero-order valence-electron chi connectivity index (χ0n) is 19.4. The van der Waals surface area contributed by atoms with E-state index in [-0.39, 0.29) is 5.78 Å². The number of ketones is 1. The van der Waals surface area contributed by atoms with E-state index in [0.29, 0.717) is 34.8 Å². The number of fused-ring (bicyclic) bond motifs is 1. The van der Waals surface area contributed by atoms with Gasteiger partial charge in [0.25, 0.3) is 0 Å². The third-order valence-electron chi connectivity index (χ3n) is 5.82. The van der Waals surface area contributed by atoms with Crippen LogP contribution in [-0.4, -0.2) is 24.8 Å². The number of halogens is 1. The summed E-state index contributed by atoms with van der Waals surface area (Å²) < 4.78 is 17.7. The van der Waals surface area contributed by atoms with E-state index in [2.05, 4.69) is 15.9 Å². The highest BCUT2D eigenvalue weighted by Gasteiger charge is 2.25. The quantitative estimate of drug-likeness (QED) is 0.107. The Morgan fingerprint density at radius 1 is 0.882 bits per heavy atom. The predicted molar refractivity (Wildman–Crippen MR) is 140 cm³/mol. The minimum Gasteiger partial charge on any atom is -0.496 e. The van der Waals surface area contributed by atoms with Gasteiger partial charge in [-0.2, -0.15) is 0 Å². The van der Waals surface area contributed by atoms with Gasteiger partial charge in [-0.25, -0.2) is 0 Å². The van der Waals surface area contributed by atoms with E-state index in [1.165, 1.54) is 19.3 Å². The molecule has 0 saturated heterocycles. The first-order valence-corrected chi connectivity index (χ1v) is 12.8. The van der Waals surface area contributed by atoms with Crippen LogP contribution in [-0.2, 0) is 0 Å². The lowest BCUT2D eigenvalue weighted by atomic mass is 9.97. The van der Waals surface area contributed by atoms with Crippen LogP contribution in [0.1, 0.15) is 48.0 Å². The monoisotopic (exact) mass is 520 g/mol. The van der Waals surface area contributed by atoms with E-state index in [4.69, 9.17) is 13.9 Å². The highest BCUT2D eigenvalue weighted by molar-refractivity contribution is 9.09. The maximum atomic E-state index is 13.7. The average molecular weight is 521 g/mol. The number of hydrogen-bond acceptors (Lipinski definition) is 4. The van der Waals surface area contributed by atoms with Crippen LogP contribution in [0.4, 0.5) is 0 Å². The molecule has 0 amide bonds. The van der Waals surface area contributed by atoms with Crippen LogP contribution in [0.25, 0.3) is 22.3 Å². The number of rotatable bonds is 12. The number of carbonyl (C=O) groups is 1. The summed E-state index contributed by atoms with van der Waals surface area (Å²) in [6, 6.07) is 22.7. The number of hydrogen-bond donors (Lipinski definition) is 0. The van der Waals surface area contributed by atoms with E-state index in [1.54, 1.807) is 19.2 Å². The molecule has 1 heterocycles. The molecule has 4 aromatic rings. The summed E-state index contributed by atoms with van der Waals surface area (Å²) in [5, 5.41) is 1.85. The van der Waals surface area contributed by atoms with Gasteiger partial charge in [-0.3, -0.25) is 4.79 Å². The minimum absolute atomic E-state index is 0.132. The lowest BCUT2D eigenvalue weighted by molar-refractivity contribution is 0.103. The molecule has 0 aliphatic rings. The van der Waals surface area contributed by atoms with Crippen molar-refractivity contribution in [1.29, 1.82) is 0 Å². The van der Waals surface area contributed by atoms with Crippen molar-refractivity contribution in [2.45, 2.75) is 32.1 Å². The Bertz CT molecular complexity index is 1240. The number of methoxy groups -OCH3 is 1. The fraction of sp³-hybridized carbons (Fsp3) is 0.276. The summed E-state index contributed by atoms with van der Waals surface area (Å²) in [6.45, 7) is 0.672. The average Bonchev–Trinajstić information content (AvgIpc) is 3.27. The first-order chi connectivity index (χ1) is 16.7. The second-order valence-corrected chi connectivity index (χ2v) is 8.96. The van der Waals surface area contributed by atoms with Gasteiger partial charge in [0.15, 0.2) is 0 Å². The molecule has 34 heavy (non-hydrogen) atoms. The van der Waals surface area contributed by atoms with Gasteiger partial charge < -0.3 is 13.9 Å². The topological polar surface area (TPSA) is 48.7 Å². The lowest BCUT2D eigenvalue weighted by Crippen LogP contribution is -2.05. The molecule has 3 aromatic carbocycles. The van der Waals surface area contributed by atoms with Crippen LogP contribution in [0.3, 0.4) is 0 Å². The molecule has 4 nitrogen and oxygen atoms in total. The molecule has 0 saturated carbocycles. The smallest absolute Gasteiger partial charge is 0.201 e. The molecule has 0 aliphatic heterocycles. The summed E-state index contributed by atoms with van der Waals surface area (Å²) in [4.78, 5) is 13.7. The summed E-state index contributed by atoms with van der Waals surface area (Å²) in [7, 11) is 1.57. The Hall–Kier alpha value is -3.05. The lowest BCUT2D eigenvalue weighted by Gasteiger charge is -2.10. The first kappa shape index (κ1) is 24.1. The third kappa shape index (κ3) is 5.53. The second-order valence-electron chi connectivity index (χ2n) is 8.16. The zero-order chi connectivity index (χ0) is 23.8. The molecule has 176 valence electrons. The van der Waals surface area contributed by atoms with Crippen LogP contribution < -0.4 is 9.47 Å². The van der Waals surface area contributed by atoms with E-state index < -0.39 is 0 Å². The number of unbranched alkanes of at least 4 members (excludes halogenated alkanes) is 4. The summed E-state index contributed by atoms with van der Waals surface area (Å²) in [6.07, 6.45) is 5.87. The van der Waals surface area contributed by atoms with Gasteiger partial charge in [0.05, 0.1) is 24.8 Å². The Morgan fingerprint density at radius 2 is 1.65 bits per heavy atom. The molecule has 0 fully saturated rings. The van der Waals surface area contributed by atoms with Crippen molar-refractivity contribution in [2.24, 2.45) is 0 Å².